The van der Waals surface area contributed by atoms with E-state index in [-0.39, 0.29) is 18.2 Å². The first-order valence-corrected chi connectivity index (χ1v) is 10.1. The van der Waals surface area contributed by atoms with Crippen LogP contribution in [-0.4, -0.2) is 35.8 Å². The van der Waals surface area contributed by atoms with Crippen LogP contribution < -0.4 is 10.6 Å². The number of benzene rings is 2. The van der Waals surface area contributed by atoms with Crippen molar-refractivity contribution < 1.29 is 14.0 Å². The molecule has 2 N–H and O–H groups in total. The maximum Gasteiger partial charge on any atom is 0.237 e. The summed E-state index contributed by atoms with van der Waals surface area (Å²) in [7, 11) is 0. The molecule has 0 aliphatic carbocycles. The van der Waals surface area contributed by atoms with E-state index in [9.17, 15) is 9.59 Å². The molecule has 1 aliphatic rings. The Hall–Kier alpha value is -3.38. The lowest BCUT2D eigenvalue weighted by Crippen LogP contribution is -2.56. The Morgan fingerprint density at radius 1 is 1.03 bits per heavy atom. The maximum atomic E-state index is 12.5. The molecule has 2 heterocycles. The predicted molar refractivity (Wildman–Crippen MR) is 114 cm³/mol. The number of amides is 2. The monoisotopic (exact) mass is 403 g/mol. The quantitative estimate of drug-likeness (QED) is 0.636. The van der Waals surface area contributed by atoms with Crippen molar-refractivity contribution in [2.24, 2.45) is 0 Å². The number of piperazine rings is 1. The van der Waals surface area contributed by atoms with E-state index < -0.39 is 6.04 Å². The molecule has 0 radical (unpaired) electrons. The summed E-state index contributed by atoms with van der Waals surface area (Å²) in [5.41, 5.74) is 4.35. The molecule has 1 saturated heterocycles. The lowest BCUT2D eigenvalue weighted by Gasteiger charge is -2.34. The van der Waals surface area contributed by atoms with Crippen molar-refractivity contribution in [1.82, 2.24) is 15.5 Å². The smallest absolute Gasteiger partial charge is 0.237 e. The van der Waals surface area contributed by atoms with E-state index in [1.54, 1.807) is 18.6 Å². The van der Waals surface area contributed by atoms with E-state index in [4.69, 9.17) is 4.42 Å². The second-order valence-electron chi connectivity index (χ2n) is 7.45. The van der Waals surface area contributed by atoms with E-state index in [1.807, 2.05) is 18.2 Å². The molecule has 0 saturated carbocycles. The summed E-state index contributed by atoms with van der Waals surface area (Å²) in [6.45, 7) is 2.33. The predicted octanol–water partition coefficient (Wildman–Crippen LogP) is 2.95. The van der Waals surface area contributed by atoms with Crippen LogP contribution in [0.25, 0.3) is 11.1 Å². The molecule has 2 amide bonds. The number of nitrogens with zero attached hydrogens (tertiary/aromatic N) is 1. The van der Waals surface area contributed by atoms with Crippen LogP contribution in [0.2, 0.25) is 0 Å². The normalized spacial score (nSPS) is 16.8. The number of carbonyl (C=O) groups is 2. The topological polar surface area (TPSA) is 74.6 Å². The summed E-state index contributed by atoms with van der Waals surface area (Å²) in [5.74, 6) is -0.247. The minimum atomic E-state index is -0.475. The van der Waals surface area contributed by atoms with Crippen molar-refractivity contribution >= 4 is 11.8 Å². The van der Waals surface area contributed by atoms with Gasteiger partial charge < -0.3 is 15.1 Å². The molecule has 1 fully saturated rings. The molecule has 30 heavy (non-hydrogen) atoms. The van der Waals surface area contributed by atoms with Gasteiger partial charge in [0.1, 0.15) is 0 Å². The van der Waals surface area contributed by atoms with E-state index in [1.165, 1.54) is 5.56 Å². The van der Waals surface area contributed by atoms with Crippen LogP contribution in [-0.2, 0) is 22.7 Å². The molecular weight excluding hydrogens is 378 g/mol. The third-order valence-corrected chi connectivity index (χ3v) is 5.34. The number of hydrogen-bond acceptors (Lipinski definition) is 4. The number of rotatable bonds is 7. The lowest BCUT2D eigenvalue weighted by molar-refractivity contribution is -0.134. The highest BCUT2D eigenvalue weighted by Gasteiger charge is 2.31. The second kappa shape index (κ2) is 9.41. The van der Waals surface area contributed by atoms with Crippen molar-refractivity contribution in [3.05, 3.63) is 84.3 Å². The molecule has 0 bridgehead atoms. The van der Waals surface area contributed by atoms with E-state index >= 15 is 0 Å². The van der Waals surface area contributed by atoms with Gasteiger partial charge in [-0.2, -0.15) is 0 Å². The zero-order valence-electron chi connectivity index (χ0n) is 16.7. The summed E-state index contributed by atoms with van der Waals surface area (Å²) < 4.78 is 5.01. The first kappa shape index (κ1) is 19.9. The maximum absolute atomic E-state index is 12.5. The molecule has 154 valence electrons. The van der Waals surface area contributed by atoms with Gasteiger partial charge in [-0.05, 0) is 22.8 Å². The van der Waals surface area contributed by atoms with Crippen LogP contribution in [0.15, 0.2) is 77.6 Å². The molecule has 4 rings (SSSR count). The highest BCUT2D eigenvalue weighted by atomic mass is 16.3. The zero-order chi connectivity index (χ0) is 20.8. The van der Waals surface area contributed by atoms with Crippen LogP contribution in [0, 0.1) is 0 Å². The van der Waals surface area contributed by atoms with E-state index in [0.717, 1.165) is 16.7 Å². The van der Waals surface area contributed by atoms with Gasteiger partial charge in [0, 0.05) is 31.7 Å². The average molecular weight is 403 g/mol. The summed E-state index contributed by atoms with van der Waals surface area (Å²) in [4.78, 5) is 26.9. The fourth-order valence-corrected chi connectivity index (χ4v) is 3.68. The summed E-state index contributed by atoms with van der Waals surface area (Å²) in [5, 5.41) is 5.74. The van der Waals surface area contributed by atoms with Gasteiger partial charge in [0.25, 0.3) is 0 Å². The number of furan rings is 1. The summed E-state index contributed by atoms with van der Waals surface area (Å²) in [6.07, 6.45) is 3.30. The van der Waals surface area contributed by atoms with Crippen molar-refractivity contribution in [2.45, 2.75) is 25.6 Å². The third-order valence-electron chi connectivity index (χ3n) is 5.34. The highest BCUT2D eigenvalue weighted by Crippen LogP contribution is 2.21. The van der Waals surface area contributed by atoms with Gasteiger partial charge >= 0.3 is 0 Å². The fourth-order valence-electron chi connectivity index (χ4n) is 3.68. The van der Waals surface area contributed by atoms with Gasteiger partial charge in [-0.25, -0.2) is 0 Å². The molecule has 2 aromatic carbocycles. The number of nitrogens with one attached hydrogen (secondary N) is 2. The Bertz CT molecular complexity index is 969. The molecule has 1 aliphatic heterocycles. The van der Waals surface area contributed by atoms with Gasteiger partial charge in [-0.1, -0.05) is 54.6 Å². The van der Waals surface area contributed by atoms with Crippen molar-refractivity contribution in [2.75, 3.05) is 13.1 Å². The van der Waals surface area contributed by atoms with Gasteiger partial charge in [-0.15, -0.1) is 0 Å². The molecule has 1 aromatic heterocycles. The lowest BCUT2D eigenvalue weighted by atomic mass is 10.0. The minimum absolute atomic E-state index is 0.0967. The Balaban J connectivity index is 1.38. The third kappa shape index (κ3) is 4.96. The molecular formula is C24H25N3O3. The largest absolute Gasteiger partial charge is 0.472 e. The van der Waals surface area contributed by atoms with Gasteiger partial charge in [0.05, 0.1) is 25.0 Å². The Morgan fingerprint density at radius 3 is 2.53 bits per heavy atom. The Labute approximate surface area is 175 Å². The zero-order valence-corrected chi connectivity index (χ0v) is 16.7. The summed E-state index contributed by atoms with van der Waals surface area (Å²) in [6, 6.07) is 19.9. The van der Waals surface area contributed by atoms with E-state index in [0.29, 0.717) is 26.2 Å². The van der Waals surface area contributed by atoms with Crippen LogP contribution in [0.5, 0.6) is 0 Å². The molecule has 1 unspecified atom stereocenters. The van der Waals surface area contributed by atoms with Crippen molar-refractivity contribution in [1.29, 1.82) is 0 Å². The molecule has 3 aromatic rings. The van der Waals surface area contributed by atoms with Crippen LogP contribution in [0.4, 0.5) is 0 Å². The fraction of sp³-hybridized carbons (Fsp3) is 0.250. The van der Waals surface area contributed by atoms with Crippen LogP contribution in [0.3, 0.4) is 0 Å². The van der Waals surface area contributed by atoms with E-state index in [2.05, 4.69) is 51.9 Å². The molecule has 0 spiro atoms. The SMILES string of the molecule is O=C(CC1C(=O)NCCN1Cc1ccc(-c2ccccc2)cc1)NCc1ccoc1. The second-order valence-corrected chi connectivity index (χ2v) is 7.45. The first-order valence-electron chi connectivity index (χ1n) is 10.1. The van der Waals surface area contributed by atoms with Crippen LogP contribution >= 0.6 is 0 Å². The van der Waals surface area contributed by atoms with Crippen molar-refractivity contribution in [3.8, 4) is 11.1 Å². The van der Waals surface area contributed by atoms with Gasteiger partial charge in [-0.3, -0.25) is 14.5 Å². The average Bonchev–Trinajstić information content (AvgIpc) is 3.30. The van der Waals surface area contributed by atoms with Gasteiger partial charge in [0.15, 0.2) is 0 Å². The summed E-state index contributed by atoms with van der Waals surface area (Å²) >= 11 is 0. The van der Waals surface area contributed by atoms with Crippen molar-refractivity contribution in [3.63, 3.8) is 0 Å². The Morgan fingerprint density at radius 2 is 1.80 bits per heavy atom. The highest BCUT2D eigenvalue weighted by molar-refractivity contribution is 5.88. The number of hydrogen-bond donors (Lipinski definition) is 2. The van der Waals surface area contributed by atoms with Crippen LogP contribution in [0.1, 0.15) is 17.5 Å². The molecule has 6 heteroatoms. The minimum Gasteiger partial charge on any atom is -0.472 e. The standard InChI is InChI=1S/C24H25N3O3/c28-23(26-15-19-10-13-30-17-19)14-22-24(29)25-11-12-27(22)16-18-6-8-21(9-7-18)20-4-2-1-3-5-20/h1-10,13,17,22H,11-12,14-16H2,(H,25,29)(H,26,28). The Kier molecular flexibility index (Phi) is 6.25. The molecule has 6 nitrogen and oxygen atoms in total. The molecule has 1 atom stereocenters. The van der Waals surface area contributed by atoms with Gasteiger partial charge in [0.2, 0.25) is 11.8 Å². The number of carbonyl (C=O) groups excluding carboxylic acids is 2. The first-order chi connectivity index (χ1) is 14.7.